The van der Waals surface area contributed by atoms with Crippen molar-refractivity contribution in [2.45, 2.75) is 51.6 Å². The van der Waals surface area contributed by atoms with E-state index in [1.54, 1.807) is 0 Å². The molecule has 1 aliphatic heterocycles. The van der Waals surface area contributed by atoms with Crippen LogP contribution in [0.2, 0.25) is 0 Å². The van der Waals surface area contributed by atoms with Crippen LogP contribution in [0.3, 0.4) is 0 Å². The number of esters is 1. The van der Waals surface area contributed by atoms with Crippen LogP contribution < -0.4 is 0 Å². The predicted molar refractivity (Wildman–Crippen MR) is 43.3 cm³/mol. The summed E-state index contributed by atoms with van der Waals surface area (Å²) in [5.74, 6) is -0.0244. The molecule has 0 saturated carbocycles. The normalized spacial score (nSPS) is 30.5. The van der Waals surface area contributed by atoms with Crippen molar-refractivity contribution >= 4 is 5.97 Å². The highest BCUT2D eigenvalue weighted by Gasteiger charge is 2.34. The second kappa shape index (κ2) is 3.24. The van der Waals surface area contributed by atoms with E-state index in [1.807, 2.05) is 6.92 Å². The molecule has 0 aliphatic carbocycles. The largest absolute Gasteiger partial charge is 0.459 e. The molecule has 0 aromatic rings. The van der Waals surface area contributed by atoms with E-state index < -0.39 is 0 Å². The molecule has 0 amide bonds. The molecule has 2 heteroatoms. The molecule has 0 N–H and O–H groups in total. The van der Waals surface area contributed by atoms with Crippen LogP contribution in [0.25, 0.3) is 0 Å². The van der Waals surface area contributed by atoms with Crippen LogP contribution in [0.15, 0.2) is 0 Å². The van der Waals surface area contributed by atoms with E-state index in [-0.39, 0.29) is 11.6 Å². The number of cyclic esters (lactones) is 1. The minimum absolute atomic E-state index is 0.0244. The number of ether oxygens (including phenoxy) is 1. The van der Waals surface area contributed by atoms with Crippen LogP contribution in [0.5, 0.6) is 0 Å². The lowest BCUT2D eigenvalue weighted by atomic mass is 9.96. The van der Waals surface area contributed by atoms with Crippen molar-refractivity contribution in [1.82, 2.24) is 0 Å². The van der Waals surface area contributed by atoms with Gasteiger partial charge in [0, 0.05) is 6.42 Å². The Kier molecular flexibility index (Phi) is 2.53. The first kappa shape index (κ1) is 8.57. The third-order valence-corrected chi connectivity index (χ3v) is 2.28. The first-order valence-corrected chi connectivity index (χ1v) is 4.38. The van der Waals surface area contributed by atoms with Gasteiger partial charge in [0.15, 0.2) is 0 Å². The third-order valence-electron chi connectivity index (χ3n) is 2.28. The zero-order valence-corrected chi connectivity index (χ0v) is 7.35. The molecule has 0 aromatic heterocycles. The molecular formula is C9H16O2. The fourth-order valence-corrected chi connectivity index (χ4v) is 1.47. The Labute approximate surface area is 67.9 Å². The quantitative estimate of drug-likeness (QED) is 0.586. The maximum atomic E-state index is 10.8. The molecule has 1 unspecified atom stereocenters. The van der Waals surface area contributed by atoms with Gasteiger partial charge in [-0.2, -0.15) is 0 Å². The van der Waals surface area contributed by atoms with Crippen LogP contribution in [0, 0.1) is 0 Å². The van der Waals surface area contributed by atoms with Crippen molar-refractivity contribution in [3.63, 3.8) is 0 Å². The minimum atomic E-state index is -0.132. The fourth-order valence-electron chi connectivity index (χ4n) is 1.47. The highest BCUT2D eigenvalue weighted by molar-refractivity contribution is 5.72. The van der Waals surface area contributed by atoms with Crippen LogP contribution >= 0.6 is 0 Å². The number of rotatable bonds is 3. The van der Waals surface area contributed by atoms with Crippen molar-refractivity contribution in [2.75, 3.05) is 0 Å². The van der Waals surface area contributed by atoms with E-state index in [0.29, 0.717) is 6.42 Å². The van der Waals surface area contributed by atoms with Gasteiger partial charge in [0.05, 0.1) is 0 Å². The molecule has 1 fully saturated rings. The summed E-state index contributed by atoms with van der Waals surface area (Å²) >= 11 is 0. The maximum absolute atomic E-state index is 10.8. The standard InChI is InChI=1S/C9H16O2/c1-3-4-6-9(2)7-5-8(10)11-9/h3-7H2,1-2H3. The molecule has 0 spiro atoms. The molecule has 64 valence electrons. The van der Waals surface area contributed by atoms with E-state index in [1.165, 1.54) is 6.42 Å². The van der Waals surface area contributed by atoms with Crippen LogP contribution in [-0.2, 0) is 9.53 Å². The fraction of sp³-hybridized carbons (Fsp3) is 0.889. The predicted octanol–water partition coefficient (Wildman–Crippen LogP) is 2.27. The van der Waals surface area contributed by atoms with Gasteiger partial charge in [-0.1, -0.05) is 13.3 Å². The van der Waals surface area contributed by atoms with Crippen molar-refractivity contribution in [1.29, 1.82) is 0 Å². The molecule has 0 radical (unpaired) electrons. The number of hydrogen-bond acceptors (Lipinski definition) is 2. The Balaban J connectivity index is 2.35. The summed E-state index contributed by atoms with van der Waals surface area (Å²) < 4.78 is 5.21. The highest BCUT2D eigenvalue weighted by Crippen LogP contribution is 2.30. The molecule has 1 heterocycles. The van der Waals surface area contributed by atoms with E-state index >= 15 is 0 Å². The van der Waals surface area contributed by atoms with Crippen LogP contribution in [0.4, 0.5) is 0 Å². The van der Waals surface area contributed by atoms with E-state index in [4.69, 9.17) is 4.74 Å². The van der Waals surface area contributed by atoms with Crippen LogP contribution in [0.1, 0.15) is 46.0 Å². The topological polar surface area (TPSA) is 26.3 Å². The van der Waals surface area contributed by atoms with Gasteiger partial charge in [0.1, 0.15) is 5.60 Å². The second-order valence-electron chi connectivity index (χ2n) is 3.53. The molecule has 0 aromatic carbocycles. The van der Waals surface area contributed by atoms with Crippen LogP contribution in [-0.4, -0.2) is 11.6 Å². The number of hydrogen-bond donors (Lipinski definition) is 0. The first-order chi connectivity index (χ1) is 5.16. The van der Waals surface area contributed by atoms with Gasteiger partial charge in [-0.25, -0.2) is 0 Å². The monoisotopic (exact) mass is 156 g/mol. The third kappa shape index (κ3) is 2.21. The summed E-state index contributed by atoms with van der Waals surface area (Å²) in [5.41, 5.74) is -0.132. The Morgan fingerprint density at radius 3 is 2.82 bits per heavy atom. The Morgan fingerprint density at radius 1 is 1.64 bits per heavy atom. The number of carbonyl (C=O) groups excluding carboxylic acids is 1. The molecule has 2 nitrogen and oxygen atoms in total. The van der Waals surface area contributed by atoms with Crippen molar-refractivity contribution < 1.29 is 9.53 Å². The first-order valence-electron chi connectivity index (χ1n) is 4.38. The van der Waals surface area contributed by atoms with Crippen molar-refractivity contribution in [2.24, 2.45) is 0 Å². The lowest BCUT2D eigenvalue weighted by molar-refractivity contribution is -0.147. The lowest BCUT2D eigenvalue weighted by Crippen LogP contribution is -2.23. The van der Waals surface area contributed by atoms with Gasteiger partial charge in [-0.05, 0) is 26.2 Å². The zero-order chi connectivity index (χ0) is 8.32. The molecule has 0 bridgehead atoms. The molecular weight excluding hydrogens is 140 g/mol. The Bertz CT molecular complexity index is 154. The second-order valence-corrected chi connectivity index (χ2v) is 3.53. The van der Waals surface area contributed by atoms with Crippen molar-refractivity contribution in [3.05, 3.63) is 0 Å². The minimum Gasteiger partial charge on any atom is -0.459 e. The summed E-state index contributed by atoms with van der Waals surface area (Å²) in [4.78, 5) is 10.8. The zero-order valence-electron chi connectivity index (χ0n) is 7.35. The Hall–Kier alpha value is -0.530. The van der Waals surface area contributed by atoms with E-state index in [2.05, 4.69) is 6.92 Å². The SMILES string of the molecule is CCCCC1(C)CCC(=O)O1. The number of unbranched alkanes of at least 4 members (excludes halogenated alkanes) is 1. The molecule has 11 heavy (non-hydrogen) atoms. The molecule has 1 rings (SSSR count). The summed E-state index contributed by atoms with van der Waals surface area (Å²) in [5, 5.41) is 0. The average Bonchev–Trinajstić information content (AvgIpc) is 2.28. The molecule has 1 aliphatic rings. The Morgan fingerprint density at radius 2 is 2.36 bits per heavy atom. The van der Waals surface area contributed by atoms with Gasteiger partial charge in [0.2, 0.25) is 0 Å². The smallest absolute Gasteiger partial charge is 0.306 e. The van der Waals surface area contributed by atoms with Crippen molar-refractivity contribution in [3.8, 4) is 0 Å². The summed E-state index contributed by atoms with van der Waals surface area (Å²) in [7, 11) is 0. The molecule has 1 saturated heterocycles. The molecule has 1 atom stereocenters. The lowest BCUT2D eigenvalue weighted by Gasteiger charge is -2.21. The number of carbonyl (C=O) groups is 1. The maximum Gasteiger partial charge on any atom is 0.306 e. The van der Waals surface area contributed by atoms with E-state index in [0.717, 1.165) is 19.3 Å². The van der Waals surface area contributed by atoms with Gasteiger partial charge in [-0.3, -0.25) is 4.79 Å². The van der Waals surface area contributed by atoms with E-state index in [9.17, 15) is 4.79 Å². The van der Waals surface area contributed by atoms with Gasteiger partial charge in [-0.15, -0.1) is 0 Å². The summed E-state index contributed by atoms with van der Waals surface area (Å²) in [6.07, 6.45) is 4.87. The summed E-state index contributed by atoms with van der Waals surface area (Å²) in [6.45, 7) is 4.19. The average molecular weight is 156 g/mol. The van der Waals surface area contributed by atoms with Gasteiger partial charge < -0.3 is 4.74 Å². The summed E-state index contributed by atoms with van der Waals surface area (Å²) in [6, 6.07) is 0. The van der Waals surface area contributed by atoms with Gasteiger partial charge in [0.25, 0.3) is 0 Å². The van der Waals surface area contributed by atoms with Gasteiger partial charge >= 0.3 is 5.97 Å². The highest BCUT2D eigenvalue weighted by atomic mass is 16.6.